The maximum atomic E-state index is 6.35. The predicted octanol–water partition coefficient (Wildman–Crippen LogP) is 5.22. The van der Waals surface area contributed by atoms with Crippen LogP contribution in [-0.4, -0.2) is 0 Å². The number of nitrogens with two attached hydrogens (primary N) is 1. The summed E-state index contributed by atoms with van der Waals surface area (Å²) in [5.74, 6) is 0. The lowest BCUT2D eigenvalue weighted by molar-refractivity contribution is 0.855. The third-order valence-electron chi connectivity index (χ3n) is 2.96. The van der Waals surface area contributed by atoms with E-state index in [1.165, 1.54) is 0 Å². The zero-order valence-electron chi connectivity index (χ0n) is 9.75. The van der Waals surface area contributed by atoms with Crippen LogP contribution >= 0.6 is 43.5 Å². The van der Waals surface area contributed by atoms with Crippen LogP contribution in [0.3, 0.4) is 0 Å². The van der Waals surface area contributed by atoms with E-state index in [4.69, 9.17) is 17.3 Å². The van der Waals surface area contributed by atoms with Gasteiger partial charge in [-0.05, 0) is 36.2 Å². The summed E-state index contributed by atoms with van der Waals surface area (Å²) in [7, 11) is 0. The first-order valence-electron chi connectivity index (χ1n) is 5.47. The van der Waals surface area contributed by atoms with Gasteiger partial charge in [0.25, 0.3) is 0 Å². The second-order valence-electron chi connectivity index (χ2n) is 4.07. The first-order chi connectivity index (χ1) is 8.52. The van der Waals surface area contributed by atoms with Gasteiger partial charge in [0, 0.05) is 19.5 Å². The van der Waals surface area contributed by atoms with Crippen LogP contribution in [0, 0.1) is 6.92 Å². The van der Waals surface area contributed by atoms with Crippen LogP contribution in [0.4, 0.5) is 0 Å². The Bertz CT molecular complexity index is 564. The molecule has 2 aromatic rings. The topological polar surface area (TPSA) is 26.0 Å². The van der Waals surface area contributed by atoms with Crippen LogP contribution in [0.1, 0.15) is 22.7 Å². The number of rotatable bonds is 2. The van der Waals surface area contributed by atoms with Crippen LogP contribution in [-0.2, 0) is 0 Å². The zero-order valence-corrected chi connectivity index (χ0v) is 13.7. The maximum Gasteiger partial charge on any atom is 0.0580 e. The quantitative estimate of drug-likeness (QED) is 0.749. The third kappa shape index (κ3) is 2.64. The van der Waals surface area contributed by atoms with E-state index < -0.39 is 0 Å². The minimum atomic E-state index is -0.245. The summed E-state index contributed by atoms with van der Waals surface area (Å²) in [5, 5.41) is 0.677. The van der Waals surface area contributed by atoms with Crippen molar-refractivity contribution in [3.05, 3.63) is 67.1 Å². The molecule has 0 aromatic heterocycles. The minimum Gasteiger partial charge on any atom is -0.320 e. The zero-order chi connectivity index (χ0) is 13.3. The summed E-state index contributed by atoms with van der Waals surface area (Å²) in [6.45, 7) is 2.05. The highest BCUT2D eigenvalue weighted by atomic mass is 79.9. The third-order valence-corrected chi connectivity index (χ3v) is 4.84. The molecule has 2 aromatic carbocycles. The fourth-order valence-electron chi connectivity index (χ4n) is 1.92. The Kier molecular flexibility index (Phi) is 4.49. The van der Waals surface area contributed by atoms with Crippen molar-refractivity contribution in [2.24, 2.45) is 5.73 Å². The molecule has 94 valence electrons. The molecule has 0 aliphatic carbocycles. The Morgan fingerprint density at radius 1 is 1.06 bits per heavy atom. The van der Waals surface area contributed by atoms with Gasteiger partial charge in [0.15, 0.2) is 0 Å². The summed E-state index contributed by atoms with van der Waals surface area (Å²) in [4.78, 5) is 0. The number of benzene rings is 2. The fourth-order valence-corrected chi connectivity index (χ4v) is 3.32. The number of hydrogen-bond acceptors (Lipinski definition) is 1. The second-order valence-corrected chi connectivity index (χ2v) is 6.18. The average Bonchev–Trinajstić information content (AvgIpc) is 2.32. The first-order valence-corrected chi connectivity index (χ1v) is 7.43. The highest BCUT2D eigenvalue weighted by Crippen LogP contribution is 2.35. The Balaban J connectivity index is 2.55. The van der Waals surface area contributed by atoms with Crippen molar-refractivity contribution >= 4 is 43.5 Å². The van der Waals surface area contributed by atoms with Crippen LogP contribution in [0.5, 0.6) is 0 Å². The molecule has 0 aliphatic heterocycles. The molecule has 1 nitrogen and oxygen atoms in total. The van der Waals surface area contributed by atoms with E-state index in [9.17, 15) is 0 Å². The van der Waals surface area contributed by atoms with Crippen molar-refractivity contribution in [1.82, 2.24) is 0 Å². The van der Waals surface area contributed by atoms with Gasteiger partial charge >= 0.3 is 0 Å². The molecular formula is C14H12Br2ClN. The highest BCUT2D eigenvalue weighted by molar-refractivity contribution is 9.10. The van der Waals surface area contributed by atoms with Gasteiger partial charge in [-0.25, -0.2) is 0 Å². The van der Waals surface area contributed by atoms with E-state index >= 15 is 0 Å². The van der Waals surface area contributed by atoms with Gasteiger partial charge in [0.1, 0.15) is 0 Å². The van der Waals surface area contributed by atoms with E-state index in [1.54, 1.807) is 0 Å². The Morgan fingerprint density at radius 3 is 2.33 bits per heavy atom. The summed E-state index contributed by atoms with van der Waals surface area (Å²) in [6, 6.07) is 11.5. The molecule has 0 fully saturated rings. The molecule has 0 bridgehead atoms. The number of hydrogen-bond donors (Lipinski definition) is 1. The van der Waals surface area contributed by atoms with Gasteiger partial charge in [-0.15, -0.1) is 0 Å². The van der Waals surface area contributed by atoms with E-state index in [0.717, 1.165) is 25.6 Å². The molecule has 18 heavy (non-hydrogen) atoms. The lowest BCUT2D eigenvalue weighted by Crippen LogP contribution is -2.14. The molecule has 1 unspecified atom stereocenters. The Labute approximate surface area is 129 Å². The Hall–Kier alpha value is -0.350. The molecule has 0 amide bonds. The Morgan fingerprint density at radius 2 is 1.67 bits per heavy atom. The molecule has 4 heteroatoms. The van der Waals surface area contributed by atoms with E-state index in [0.29, 0.717) is 5.02 Å². The van der Waals surface area contributed by atoms with Crippen LogP contribution in [0.25, 0.3) is 0 Å². The van der Waals surface area contributed by atoms with E-state index in [1.807, 2.05) is 43.3 Å². The SMILES string of the molecule is Cc1c(Br)cccc1C(N)c1c(Cl)cccc1Br. The largest absolute Gasteiger partial charge is 0.320 e. The summed E-state index contributed by atoms with van der Waals surface area (Å²) in [5.41, 5.74) is 9.47. The average molecular weight is 390 g/mol. The van der Waals surface area contributed by atoms with Gasteiger partial charge in [-0.3, -0.25) is 0 Å². The highest BCUT2D eigenvalue weighted by Gasteiger charge is 2.18. The summed E-state index contributed by atoms with van der Waals surface area (Å²) >= 11 is 13.3. The summed E-state index contributed by atoms with van der Waals surface area (Å²) in [6.07, 6.45) is 0. The van der Waals surface area contributed by atoms with Gasteiger partial charge in [-0.1, -0.05) is 61.7 Å². The van der Waals surface area contributed by atoms with Gasteiger partial charge in [-0.2, -0.15) is 0 Å². The van der Waals surface area contributed by atoms with Crippen LogP contribution in [0.2, 0.25) is 5.02 Å². The lowest BCUT2D eigenvalue weighted by Gasteiger charge is -2.18. The monoisotopic (exact) mass is 387 g/mol. The van der Waals surface area contributed by atoms with E-state index in [-0.39, 0.29) is 6.04 Å². The maximum absolute atomic E-state index is 6.35. The standard InChI is InChI=1S/C14H12Br2ClN/c1-8-9(4-2-5-10(8)15)14(18)13-11(16)6-3-7-12(13)17/h2-7,14H,18H2,1H3. The molecular weight excluding hydrogens is 377 g/mol. The summed E-state index contributed by atoms with van der Waals surface area (Å²) < 4.78 is 1.99. The lowest BCUT2D eigenvalue weighted by atomic mass is 9.96. The molecule has 2 rings (SSSR count). The minimum absolute atomic E-state index is 0.245. The van der Waals surface area contributed by atoms with Crippen molar-refractivity contribution in [3.8, 4) is 0 Å². The van der Waals surface area contributed by atoms with Crippen molar-refractivity contribution in [1.29, 1.82) is 0 Å². The molecule has 0 heterocycles. The van der Waals surface area contributed by atoms with Gasteiger partial charge in [0.05, 0.1) is 6.04 Å². The van der Waals surface area contributed by atoms with Crippen molar-refractivity contribution in [3.63, 3.8) is 0 Å². The first kappa shape index (κ1) is 14.1. The van der Waals surface area contributed by atoms with Crippen molar-refractivity contribution < 1.29 is 0 Å². The van der Waals surface area contributed by atoms with Crippen LogP contribution < -0.4 is 5.73 Å². The molecule has 0 aliphatic rings. The molecule has 2 N–H and O–H groups in total. The van der Waals surface area contributed by atoms with E-state index in [2.05, 4.69) is 31.9 Å². The molecule has 0 radical (unpaired) electrons. The predicted molar refractivity (Wildman–Crippen MR) is 84.1 cm³/mol. The molecule has 0 saturated carbocycles. The van der Waals surface area contributed by atoms with Crippen molar-refractivity contribution in [2.75, 3.05) is 0 Å². The normalized spacial score (nSPS) is 12.5. The van der Waals surface area contributed by atoms with Gasteiger partial charge < -0.3 is 5.73 Å². The molecule has 0 saturated heterocycles. The van der Waals surface area contributed by atoms with Gasteiger partial charge in [0.2, 0.25) is 0 Å². The smallest absolute Gasteiger partial charge is 0.0580 e. The second kappa shape index (κ2) is 5.74. The molecule has 0 spiro atoms. The fraction of sp³-hybridized carbons (Fsp3) is 0.143. The van der Waals surface area contributed by atoms with Crippen molar-refractivity contribution in [2.45, 2.75) is 13.0 Å². The number of halogens is 3. The molecule has 1 atom stereocenters. The van der Waals surface area contributed by atoms with Crippen LogP contribution in [0.15, 0.2) is 45.3 Å².